The molecular weight excluding hydrogens is 394 g/mol. The van der Waals surface area contributed by atoms with Gasteiger partial charge in [-0.25, -0.2) is 9.78 Å². The maximum absolute atomic E-state index is 13.0. The van der Waals surface area contributed by atoms with Crippen LogP contribution in [0.4, 0.5) is 10.5 Å². The molecule has 3 aromatic rings. The molecule has 1 aliphatic heterocycles. The summed E-state index contributed by atoms with van der Waals surface area (Å²) in [5.74, 6) is 0.280. The van der Waals surface area contributed by atoms with Crippen molar-refractivity contribution in [3.05, 3.63) is 66.6 Å². The smallest absolute Gasteiger partial charge is 0.329 e. The quantitative estimate of drug-likeness (QED) is 0.559. The van der Waals surface area contributed by atoms with Gasteiger partial charge >= 0.3 is 6.03 Å². The molecule has 1 unspecified atom stereocenters. The van der Waals surface area contributed by atoms with Crippen LogP contribution in [-0.2, 0) is 0 Å². The zero-order valence-corrected chi connectivity index (χ0v) is 17.4. The maximum atomic E-state index is 13.0. The van der Waals surface area contributed by atoms with Crippen LogP contribution in [0.25, 0.3) is 11.3 Å². The van der Waals surface area contributed by atoms with Gasteiger partial charge in [0.15, 0.2) is 0 Å². The first-order valence-electron chi connectivity index (χ1n) is 10.3. The molecule has 1 saturated heterocycles. The number of imidazole rings is 1. The molecule has 31 heavy (non-hydrogen) atoms. The van der Waals surface area contributed by atoms with E-state index in [0.29, 0.717) is 11.3 Å². The number of phenols is 1. The Hall–Kier alpha value is -3.36. The molecule has 0 saturated carbocycles. The van der Waals surface area contributed by atoms with Gasteiger partial charge in [-0.15, -0.1) is 0 Å². The zero-order valence-electron chi connectivity index (χ0n) is 17.4. The fourth-order valence-electron chi connectivity index (χ4n) is 4.02. The van der Waals surface area contributed by atoms with E-state index in [2.05, 4.69) is 9.88 Å². The number of aromatic hydroxyl groups is 1. The highest BCUT2D eigenvalue weighted by atomic mass is 16.3. The average molecular weight is 422 g/mol. The van der Waals surface area contributed by atoms with E-state index in [4.69, 9.17) is 5.73 Å². The lowest BCUT2D eigenvalue weighted by molar-refractivity contribution is 0.181. The predicted octanol–water partition coefficient (Wildman–Crippen LogP) is 2.77. The third-order valence-corrected chi connectivity index (χ3v) is 5.86. The molecule has 4 N–H and O–H groups in total. The Balaban J connectivity index is 1.41. The number of aromatic nitrogens is 2. The SMILES string of the molecule is CN(C(=O)n1cnc(-c2cccc(C(N)O)c2)c1)C1CCN(c2ccccc2O)CC1. The molecule has 0 radical (unpaired) electrons. The van der Waals surface area contributed by atoms with Gasteiger partial charge in [0.1, 0.15) is 18.3 Å². The summed E-state index contributed by atoms with van der Waals surface area (Å²) in [6, 6.07) is 14.5. The molecule has 0 spiro atoms. The molecule has 4 rings (SSSR count). The monoisotopic (exact) mass is 421 g/mol. The van der Waals surface area contributed by atoms with Gasteiger partial charge in [-0.05, 0) is 36.6 Å². The molecule has 1 aromatic heterocycles. The van der Waals surface area contributed by atoms with Crippen molar-refractivity contribution >= 4 is 11.7 Å². The van der Waals surface area contributed by atoms with E-state index in [1.807, 2.05) is 31.3 Å². The van der Waals surface area contributed by atoms with Crippen molar-refractivity contribution in [1.82, 2.24) is 14.5 Å². The Kier molecular flexibility index (Phi) is 5.92. The van der Waals surface area contributed by atoms with E-state index in [9.17, 15) is 15.0 Å². The number of nitrogens with zero attached hydrogens (tertiary/aromatic N) is 4. The van der Waals surface area contributed by atoms with Crippen molar-refractivity contribution in [3.8, 4) is 17.0 Å². The summed E-state index contributed by atoms with van der Waals surface area (Å²) >= 11 is 0. The Morgan fingerprint density at radius 2 is 1.94 bits per heavy atom. The van der Waals surface area contributed by atoms with E-state index < -0.39 is 6.23 Å². The van der Waals surface area contributed by atoms with E-state index in [1.54, 1.807) is 35.4 Å². The summed E-state index contributed by atoms with van der Waals surface area (Å²) in [4.78, 5) is 21.3. The van der Waals surface area contributed by atoms with Crippen molar-refractivity contribution in [2.45, 2.75) is 25.1 Å². The van der Waals surface area contributed by atoms with Crippen LogP contribution in [0.15, 0.2) is 61.1 Å². The second-order valence-corrected chi connectivity index (χ2v) is 7.84. The van der Waals surface area contributed by atoms with Gasteiger partial charge in [0.25, 0.3) is 0 Å². The van der Waals surface area contributed by atoms with Gasteiger partial charge in [-0.2, -0.15) is 0 Å². The Morgan fingerprint density at radius 3 is 2.65 bits per heavy atom. The predicted molar refractivity (Wildman–Crippen MR) is 119 cm³/mol. The Morgan fingerprint density at radius 1 is 1.19 bits per heavy atom. The average Bonchev–Trinajstić information content (AvgIpc) is 3.29. The molecule has 8 nitrogen and oxygen atoms in total. The lowest BCUT2D eigenvalue weighted by atomic mass is 10.0. The number of carbonyl (C=O) groups excluding carboxylic acids is 1. The van der Waals surface area contributed by atoms with Crippen LogP contribution in [0.5, 0.6) is 5.75 Å². The number of aliphatic hydroxyl groups excluding tert-OH is 1. The lowest BCUT2D eigenvalue weighted by Crippen LogP contribution is -2.46. The van der Waals surface area contributed by atoms with Crippen molar-refractivity contribution < 1.29 is 15.0 Å². The number of nitrogens with two attached hydrogens (primary N) is 1. The third kappa shape index (κ3) is 4.40. The van der Waals surface area contributed by atoms with Crippen LogP contribution in [0.1, 0.15) is 24.6 Å². The number of piperidine rings is 1. The van der Waals surface area contributed by atoms with Crippen LogP contribution < -0.4 is 10.6 Å². The highest BCUT2D eigenvalue weighted by molar-refractivity contribution is 5.78. The van der Waals surface area contributed by atoms with Crippen molar-refractivity contribution in [2.24, 2.45) is 5.73 Å². The number of aliphatic hydroxyl groups is 1. The summed E-state index contributed by atoms with van der Waals surface area (Å²) in [6.45, 7) is 1.53. The van der Waals surface area contributed by atoms with Gasteiger partial charge in [-0.1, -0.05) is 30.3 Å². The Labute approximate surface area is 181 Å². The first-order valence-corrected chi connectivity index (χ1v) is 10.3. The molecule has 0 bridgehead atoms. The number of phenolic OH excluding ortho intramolecular Hbond substituents is 1. The van der Waals surface area contributed by atoms with E-state index in [-0.39, 0.29) is 17.8 Å². The molecule has 162 valence electrons. The van der Waals surface area contributed by atoms with Crippen LogP contribution in [0, 0.1) is 0 Å². The molecule has 1 aliphatic rings. The van der Waals surface area contributed by atoms with Crippen molar-refractivity contribution in [1.29, 1.82) is 0 Å². The number of amides is 1. The number of benzene rings is 2. The Bertz CT molecular complexity index is 1060. The van der Waals surface area contributed by atoms with E-state index >= 15 is 0 Å². The fraction of sp³-hybridized carbons (Fsp3) is 0.304. The first kappa shape index (κ1) is 20.9. The van der Waals surface area contributed by atoms with Gasteiger partial charge < -0.3 is 25.7 Å². The number of rotatable bonds is 4. The normalized spacial score (nSPS) is 15.6. The molecule has 8 heteroatoms. The van der Waals surface area contributed by atoms with Gasteiger partial charge in [0.05, 0.1) is 11.4 Å². The van der Waals surface area contributed by atoms with E-state index in [0.717, 1.165) is 37.2 Å². The topological polar surface area (TPSA) is 108 Å². The number of anilines is 1. The van der Waals surface area contributed by atoms with Gasteiger partial charge in [0, 0.05) is 37.9 Å². The van der Waals surface area contributed by atoms with Crippen LogP contribution in [0.3, 0.4) is 0 Å². The summed E-state index contributed by atoms with van der Waals surface area (Å²) < 4.78 is 1.48. The highest BCUT2D eigenvalue weighted by Crippen LogP contribution is 2.30. The summed E-state index contributed by atoms with van der Waals surface area (Å²) in [5, 5.41) is 19.7. The van der Waals surface area contributed by atoms with Crippen LogP contribution in [0.2, 0.25) is 0 Å². The second kappa shape index (κ2) is 8.79. The fourth-order valence-corrected chi connectivity index (χ4v) is 4.02. The van der Waals surface area contributed by atoms with Gasteiger partial charge in [0.2, 0.25) is 0 Å². The first-order chi connectivity index (χ1) is 14.9. The van der Waals surface area contributed by atoms with Crippen molar-refractivity contribution in [3.63, 3.8) is 0 Å². The molecule has 2 aromatic carbocycles. The highest BCUT2D eigenvalue weighted by Gasteiger charge is 2.27. The summed E-state index contributed by atoms with van der Waals surface area (Å²) in [6.07, 6.45) is 3.77. The molecule has 1 atom stereocenters. The molecule has 1 fully saturated rings. The molecular formula is C23H27N5O3. The molecule has 1 amide bonds. The number of para-hydroxylation sites is 2. The molecule has 0 aliphatic carbocycles. The lowest BCUT2D eigenvalue weighted by Gasteiger charge is -2.37. The number of hydrogen-bond donors (Lipinski definition) is 3. The molecule has 2 heterocycles. The largest absolute Gasteiger partial charge is 0.506 e. The van der Waals surface area contributed by atoms with Gasteiger partial charge in [-0.3, -0.25) is 4.57 Å². The minimum Gasteiger partial charge on any atom is -0.506 e. The standard InChI is InChI=1S/C23H27N5O3/c1-26(18-9-11-27(12-10-18)20-7-2-3-8-21(20)29)23(31)28-14-19(25-15-28)16-5-4-6-17(13-16)22(24)30/h2-8,13-15,18,22,29-30H,9-12,24H2,1H3. The minimum atomic E-state index is -1.06. The third-order valence-electron chi connectivity index (χ3n) is 5.86. The minimum absolute atomic E-state index is 0.108. The van der Waals surface area contributed by atoms with Crippen LogP contribution >= 0.6 is 0 Å². The summed E-state index contributed by atoms with van der Waals surface area (Å²) in [5.41, 5.74) is 8.39. The van der Waals surface area contributed by atoms with Crippen molar-refractivity contribution in [2.75, 3.05) is 25.0 Å². The van der Waals surface area contributed by atoms with E-state index in [1.165, 1.54) is 10.9 Å². The zero-order chi connectivity index (χ0) is 22.0. The van der Waals surface area contributed by atoms with Crippen LogP contribution in [-0.4, -0.2) is 56.9 Å². The maximum Gasteiger partial charge on any atom is 0.329 e. The summed E-state index contributed by atoms with van der Waals surface area (Å²) in [7, 11) is 1.81. The number of carbonyl (C=O) groups is 1. The number of hydrogen-bond acceptors (Lipinski definition) is 6. The second-order valence-electron chi connectivity index (χ2n) is 7.84.